The molecule has 0 aromatic rings. The first-order valence-corrected chi connectivity index (χ1v) is 6.18. The number of hydrogen-bond acceptors (Lipinski definition) is 3. The molecule has 0 aromatic heterocycles. The highest BCUT2D eigenvalue weighted by Crippen LogP contribution is 2.27. The molecule has 2 fully saturated rings. The van der Waals surface area contributed by atoms with Gasteiger partial charge in [0.15, 0.2) is 0 Å². The summed E-state index contributed by atoms with van der Waals surface area (Å²) >= 11 is 0. The molecule has 1 heterocycles. The highest BCUT2D eigenvalue weighted by atomic mass is 16.1. The summed E-state index contributed by atoms with van der Waals surface area (Å²) in [5.41, 5.74) is 0. The molecule has 0 N–H and O–H groups in total. The number of likely N-dealkylation sites (tertiary alicyclic amines) is 1. The number of rotatable bonds is 3. The SMILES string of the molecule is O=C=NCC1CCN(C2CCCCC2)C1. The molecule has 3 heteroatoms. The van der Waals surface area contributed by atoms with Crippen molar-refractivity contribution in [1.82, 2.24) is 4.90 Å². The Labute approximate surface area is 91.6 Å². The highest BCUT2D eigenvalue weighted by Gasteiger charge is 2.28. The Morgan fingerprint density at radius 1 is 1.20 bits per heavy atom. The predicted molar refractivity (Wildman–Crippen MR) is 59.5 cm³/mol. The van der Waals surface area contributed by atoms with Gasteiger partial charge in [-0.1, -0.05) is 19.3 Å². The Kier molecular flexibility index (Phi) is 3.93. The molecule has 1 saturated heterocycles. The van der Waals surface area contributed by atoms with Crippen molar-refractivity contribution >= 4 is 6.08 Å². The van der Waals surface area contributed by atoms with E-state index in [1.165, 1.54) is 45.1 Å². The molecule has 0 aromatic carbocycles. The van der Waals surface area contributed by atoms with Crippen LogP contribution in [-0.4, -0.2) is 36.7 Å². The van der Waals surface area contributed by atoms with Crippen molar-refractivity contribution in [3.05, 3.63) is 0 Å². The molecule has 84 valence electrons. The van der Waals surface area contributed by atoms with E-state index in [-0.39, 0.29) is 0 Å². The lowest BCUT2D eigenvalue weighted by Gasteiger charge is -2.30. The lowest BCUT2D eigenvalue weighted by Crippen LogP contribution is -2.35. The molecule has 2 aliphatic rings. The molecule has 0 spiro atoms. The Bertz CT molecular complexity index is 242. The van der Waals surface area contributed by atoms with Gasteiger partial charge in [-0.15, -0.1) is 0 Å². The molecule has 1 unspecified atom stereocenters. The molecule has 15 heavy (non-hydrogen) atoms. The Hall–Kier alpha value is -0.660. The van der Waals surface area contributed by atoms with Crippen LogP contribution in [0.3, 0.4) is 0 Å². The minimum absolute atomic E-state index is 0.605. The van der Waals surface area contributed by atoms with Crippen LogP contribution in [0.5, 0.6) is 0 Å². The minimum atomic E-state index is 0.605. The smallest absolute Gasteiger partial charge is 0.234 e. The molecule has 0 bridgehead atoms. The van der Waals surface area contributed by atoms with Crippen LogP contribution in [-0.2, 0) is 4.79 Å². The first kappa shape index (κ1) is 10.8. The second kappa shape index (κ2) is 5.43. The molecular formula is C12H20N2O. The summed E-state index contributed by atoms with van der Waals surface area (Å²) in [4.78, 5) is 16.4. The Balaban J connectivity index is 1.78. The maximum Gasteiger partial charge on any atom is 0.234 e. The second-order valence-electron chi connectivity index (χ2n) is 4.87. The van der Waals surface area contributed by atoms with Crippen LogP contribution in [0.1, 0.15) is 38.5 Å². The van der Waals surface area contributed by atoms with Crippen LogP contribution in [0.4, 0.5) is 0 Å². The average molecular weight is 208 g/mol. The van der Waals surface area contributed by atoms with E-state index in [0.717, 1.165) is 12.6 Å². The maximum absolute atomic E-state index is 10.0. The fourth-order valence-electron chi connectivity index (χ4n) is 2.96. The van der Waals surface area contributed by atoms with Crippen molar-refractivity contribution < 1.29 is 4.79 Å². The number of isocyanates is 1. The van der Waals surface area contributed by atoms with Crippen molar-refractivity contribution in [2.75, 3.05) is 19.6 Å². The van der Waals surface area contributed by atoms with Crippen LogP contribution < -0.4 is 0 Å². The number of aliphatic imine (C=N–C) groups is 1. The normalized spacial score (nSPS) is 28.9. The summed E-state index contributed by atoms with van der Waals surface area (Å²) in [5.74, 6) is 0.605. The van der Waals surface area contributed by atoms with E-state index in [1.54, 1.807) is 6.08 Å². The van der Waals surface area contributed by atoms with Gasteiger partial charge in [0.25, 0.3) is 0 Å². The van der Waals surface area contributed by atoms with E-state index in [2.05, 4.69) is 9.89 Å². The van der Waals surface area contributed by atoms with Crippen molar-refractivity contribution in [3.63, 3.8) is 0 Å². The lowest BCUT2D eigenvalue weighted by atomic mass is 9.94. The highest BCUT2D eigenvalue weighted by molar-refractivity contribution is 5.32. The van der Waals surface area contributed by atoms with E-state index < -0.39 is 0 Å². The summed E-state index contributed by atoms with van der Waals surface area (Å²) < 4.78 is 0. The number of nitrogens with zero attached hydrogens (tertiary/aromatic N) is 2. The topological polar surface area (TPSA) is 32.7 Å². The van der Waals surface area contributed by atoms with E-state index >= 15 is 0 Å². The van der Waals surface area contributed by atoms with Crippen LogP contribution in [0.15, 0.2) is 4.99 Å². The molecule has 1 aliphatic heterocycles. The van der Waals surface area contributed by atoms with Crippen molar-refractivity contribution in [3.8, 4) is 0 Å². The van der Waals surface area contributed by atoms with Gasteiger partial charge < -0.3 is 4.90 Å². The largest absolute Gasteiger partial charge is 0.300 e. The molecule has 2 rings (SSSR count). The monoisotopic (exact) mass is 208 g/mol. The van der Waals surface area contributed by atoms with Gasteiger partial charge >= 0.3 is 0 Å². The van der Waals surface area contributed by atoms with Crippen LogP contribution >= 0.6 is 0 Å². The fourth-order valence-corrected chi connectivity index (χ4v) is 2.96. The summed E-state index contributed by atoms with van der Waals surface area (Å²) in [5, 5.41) is 0. The third-order valence-electron chi connectivity index (χ3n) is 3.82. The van der Waals surface area contributed by atoms with Crippen molar-refractivity contribution in [2.45, 2.75) is 44.6 Å². The first-order valence-electron chi connectivity index (χ1n) is 6.18. The third-order valence-corrected chi connectivity index (χ3v) is 3.82. The van der Waals surface area contributed by atoms with Gasteiger partial charge in [0.2, 0.25) is 6.08 Å². The zero-order valence-electron chi connectivity index (χ0n) is 9.32. The Morgan fingerprint density at radius 2 is 2.00 bits per heavy atom. The van der Waals surface area contributed by atoms with Gasteiger partial charge in [-0.05, 0) is 31.7 Å². The molecule has 0 amide bonds. The lowest BCUT2D eigenvalue weighted by molar-refractivity contribution is 0.185. The molecule has 1 saturated carbocycles. The van der Waals surface area contributed by atoms with Gasteiger partial charge in [0, 0.05) is 12.6 Å². The standard InChI is InChI=1S/C12H20N2O/c15-10-13-8-11-6-7-14(9-11)12-4-2-1-3-5-12/h11-12H,1-9H2. The summed E-state index contributed by atoms with van der Waals surface area (Å²) in [6.07, 6.45) is 9.83. The van der Waals surface area contributed by atoms with Gasteiger partial charge in [-0.2, -0.15) is 0 Å². The maximum atomic E-state index is 10.0. The third kappa shape index (κ3) is 2.90. The molecule has 3 nitrogen and oxygen atoms in total. The second-order valence-corrected chi connectivity index (χ2v) is 4.87. The number of hydrogen-bond donors (Lipinski definition) is 0. The molecular weight excluding hydrogens is 188 g/mol. The quantitative estimate of drug-likeness (QED) is 0.525. The van der Waals surface area contributed by atoms with E-state index in [0.29, 0.717) is 12.5 Å². The van der Waals surface area contributed by atoms with Gasteiger partial charge in [-0.25, -0.2) is 9.79 Å². The minimum Gasteiger partial charge on any atom is -0.300 e. The van der Waals surface area contributed by atoms with Crippen LogP contribution in [0.2, 0.25) is 0 Å². The first-order chi connectivity index (χ1) is 7.40. The van der Waals surface area contributed by atoms with Crippen LogP contribution in [0, 0.1) is 5.92 Å². The van der Waals surface area contributed by atoms with E-state index in [4.69, 9.17) is 0 Å². The molecule has 1 aliphatic carbocycles. The van der Waals surface area contributed by atoms with Gasteiger partial charge in [-0.3, -0.25) is 0 Å². The fraction of sp³-hybridized carbons (Fsp3) is 0.917. The van der Waals surface area contributed by atoms with Crippen molar-refractivity contribution in [1.29, 1.82) is 0 Å². The van der Waals surface area contributed by atoms with Crippen LogP contribution in [0.25, 0.3) is 0 Å². The predicted octanol–water partition coefficient (Wildman–Crippen LogP) is 1.98. The number of carbonyl (C=O) groups excluding carboxylic acids is 1. The van der Waals surface area contributed by atoms with E-state index in [1.807, 2.05) is 0 Å². The van der Waals surface area contributed by atoms with Crippen molar-refractivity contribution in [2.24, 2.45) is 10.9 Å². The average Bonchev–Trinajstić information content (AvgIpc) is 2.76. The van der Waals surface area contributed by atoms with Gasteiger partial charge in [0.05, 0.1) is 6.54 Å². The Morgan fingerprint density at radius 3 is 2.73 bits per heavy atom. The molecule has 1 atom stereocenters. The van der Waals surface area contributed by atoms with Gasteiger partial charge in [0.1, 0.15) is 0 Å². The zero-order valence-corrected chi connectivity index (χ0v) is 9.32. The summed E-state index contributed by atoms with van der Waals surface area (Å²) in [6.45, 7) is 3.05. The van der Waals surface area contributed by atoms with E-state index in [9.17, 15) is 4.79 Å². The summed E-state index contributed by atoms with van der Waals surface area (Å²) in [7, 11) is 0. The zero-order chi connectivity index (χ0) is 10.5. The molecule has 0 radical (unpaired) electrons. The summed E-state index contributed by atoms with van der Waals surface area (Å²) in [6, 6.07) is 0.823.